The topological polar surface area (TPSA) is 53.5 Å². The minimum absolute atomic E-state index is 0.0786. The van der Waals surface area contributed by atoms with E-state index in [-0.39, 0.29) is 5.91 Å². The van der Waals surface area contributed by atoms with Gasteiger partial charge in [-0.15, -0.1) is 0 Å². The van der Waals surface area contributed by atoms with E-state index < -0.39 is 0 Å². The van der Waals surface area contributed by atoms with Crippen LogP contribution in [0.1, 0.15) is 13.8 Å². The summed E-state index contributed by atoms with van der Waals surface area (Å²) < 4.78 is 0. The van der Waals surface area contributed by atoms with Gasteiger partial charge in [0.1, 0.15) is 5.84 Å². The van der Waals surface area contributed by atoms with E-state index in [1.807, 2.05) is 31.2 Å². The summed E-state index contributed by atoms with van der Waals surface area (Å²) in [6, 6.07) is 7.39. The summed E-state index contributed by atoms with van der Waals surface area (Å²) in [6.45, 7) is 6.84. The number of amides is 1. The molecule has 0 saturated carbocycles. The number of hydrogen-bond donors (Lipinski definition) is 2. The smallest absolute Gasteiger partial charge is 0.221 e. The number of carbonyl (C=O) groups excluding carboxylic acids is 1. The van der Waals surface area contributed by atoms with Gasteiger partial charge in [-0.05, 0) is 31.2 Å². The molecule has 0 fully saturated rings. The summed E-state index contributed by atoms with van der Waals surface area (Å²) in [5.74, 6) is 0.687. The lowest BCUT2D eigenvalue weighted by molar-refractivity contribution is -0.114. The monoisotopic (exact) mass is 217 g/mol. The van der Waals surface area contributed by atoms with Crippen LogP contribution in [0.25, 0.3) is 0 Å². The molecule has 1 aromatic rings. The van der Waals surface area contributed by atoms with E-state index in [2.05, 4.69) is 22.2 Å². The Kier molecular flexibility index (Phi) is 4.27. The Bertz CT molecular complexity index is 407. The zero-order valence-corrected chi connectivity index (χ0v) is 9.45. The number of benzene rings is 1. The van der Waals surface area contributed by atoms with Gasteiger partial charge < -0.3 is 10.6 Å². The van der Waals surface area contributed by atoms with Crippen LogP contribution in [0.15, 0.2) is 42.0 Å². The van der Waals surface area contributed by atoms with E-state index in [0.717, 1.165) is 17.2 Å². The fraction of sp³-hybridized carbons (Fsp3) is 0.167. The lowest BCUT2D eigenvalue weighted by atomic mass is 10.2. The van der Waals surface area contributed by atoms with Crippen LogP contribution >= 0.6 is 0 Å². The molecule has 0 spiro atoms. The van der Waals surface area contributed by atoms with E-state index in [4.69, 9.17) is 0 Å². The Morgan fingerprint density at radius 1 is 1.19 bits per heavy atom. The molecule has 0 aliphatic heterocycles. The van der Waals surface area contributed by atoms with Gasteiger partial charge in [0.25, 0.3) is 0 Å². The largest absolute Gasteiger partial charge is 0.344 e. The summed E-state index contributed by atoms with van der Waals surface area (Å²) in [5.41, 5.74) is 1.69. The first-order valence-electron chi connectivity index (χ1n) is 4.92. The maximum absolute atomic E-state index is 10.8. The second-order valence-electron chi connectivity index (χ2n) is 3.28. The maximum atomic E-state index is 10.8. The lowest BCUT2D eigenvalue weighted by Gasteiger charge is -2.06. The average Bonchev–Trinajstić information content (AvgIpc) is 2.20. The fourth-order valence-corrected chi connectivity index (χ4v) is 1.22. The molecule has 1 aromatic carbocycles. The Balaban J connectivity index is 2.68. The van der Waals surface area contributed by atoms with Crippen LogP contribution in [0.5, 0.6) is 0 Å². The molecule has 0 aromatic heterocycles. The minimum atomic E-state index is -0.0786. The standard InChI is InChI=1S/C12H15N3O/c1-4-13-9(2)14-11-5-7-12(8-6-11)15-10(3)16/h4-8H,1H2,2-3H3,(H,13,14)(H,15,16). The average molecular weight is 217 g/mol. The lowest BCUT2D eigenvalue weighted by Crippen LogP contribution is -2.07. The fourth-order valence-electron chi connectivity index (χ4n) is 1.22. The van der Waals surface area contributed by atoms with E-state index in [1.165, 1.54) is 13.1 Å². The number of hydrogen-bond acceptors (Lipinski definition) is 2. The first-order chi connectivity index (χ1) is 7.61. The molecular weight excluding hydrogens is 202 g/mol. The van der Waals surface area contributed by atoms with Gasteiger partial charge in [0, 0.05) is 24.5 Å². The molecular formula is C12H15N3O. The van der Waals surface area contributed by atoms with Crippen LogP contribution in [-0.4, -0.2) is 11.7 Å². The highest BCUT2D eigenvalue weighted by Gasteiger charge is 1.96. The number of nitrogens with one attached hydrogen (secondary N) is 2. The predicted octanol–water partition coefficient (Wildman–Crippen LogP) is 2.62. The van der Waals surface area contributed by atoms with Gasteiger partial charge in [-0.3, -0.25) is 4.79 Å². The Morgan fingerprint density at radius 3 is 2.12 bits per heavy atom. The van der Waals surface area contributed by atoms with Crippen molar-refractivity contribution in [2.24, 2.45) is 4.99 Å². The van der Waals surface area contributed by atoms with Crippen molar-refractivity contribution in [3.8, 4) is 0 Å². The number of anilines is 2. The third-order valence-corrected chi connectivity index (χ3v) is 1.82. The summed E-state index contributed by atoms with van der Waals surface area (Å²) in [6.07, 6.45) is 1.48. The van der Waals surface area contributed by atoms with Gasteiger partial charge in [0.05, 0.1) is 0 Å². The molecule has 2 N–H and O–H groups in total. The van der Waals surface area contributed by atoms with Gasteiger partial charge in [0.2, 0.25) is 5.91 Å². The zero-order valence-electron chi connectivity index (χ0n) is 9.45. The first-order valence-corrected chi connectivity index (χ1v) is 4.92. The quantitative estimate of drug-likeness (QED) is 0.604. The molecule has 4 nitrogen and oxygen atoms in total. The highest BCUT2D eigenvalue weighted by atomic mass is 16.1. The minimum Gasteiger partial charge on any atom is -0.344 e. The van der Waals surface area contributed by atoms with Crippen molar-refractivity contribution in [1.82, 2.24) is 0 Å². The summed E-state index contributed by atoms with van der Waals surface area (Å²) in [7, 11) is 0. The van der Waals surface area contributed by atoms with Crippen LogP contribution in [0, 0.1) is 0 Å². The van der Waals surface area contributed by atoms with Crippen LogP contribution < -0.4 is 10.6 Å². The normalized spacial score (nSPS) is 10.8. The number of nitrogens with zero attached hydrogens (tertiary/aromatic N) is 1. The molecule has 0 heterocycles. The van der Waals surface area contributed by atoms with Gasteiger partial charge in [-0.1, -0.05) is 6.58 Å². The van der Waals surface area contributed by atoms with Crippen LogP contribution in [0.3, 0.4) is 0 Å². The van der Waals surface area contributed by atoms with Crippen molar-refractivity contribution in [2.45, 2.75) is 13.8 Å². The van der Waals surface area contributed by atoms with Crippen LogP contribution in [-0.2, 0) is 4.79 Å². The molecule has 0 saturated heterocycles. The van der Waals surface area contributed by atoms with Gasteiger partial charge >= 0.3 is 0 Å². The molecule has 0 aliphatic carbocycles. The molecule has 4 heteroatoms. The van der Waals surface area contributed by atoms with Crippen molar-refractivity contribution in [3.63, 3.8) is 0 Å². The Labute approximate surface area is 95.1 Å². The maximum Gasteiger partial charge on any atom is 0.221 e. The van der Waals surface area contributed by atoms with E-state index in [9.17, 15) is 4.79 Å². The third kappa shape index (κ3) is 3.96. The van der Waals surface area contributed by atoms with Crippen molar-refractivity contribution in [3.05, 3.63) is 37.0 Å². The Morgan fingerprint density at radius 2 is 1.69 bits per heavy atom. The molecule has 0 radical (unpaired) electrons. The SMILES string of the molecule is C=CN=C(C)Nc1ccc(NC(C)=O)cc1. The van der Waals surface area contributed by atoms with Gasteiger partial charge in [-0.25, -0.2) is 4.99 Å². The van der Waals surface area contributed by atoms with Crippen molar-refractivity contribution >= 4 is 23.1 Å². The van der Waals surface area contributed by atoms with E-state index in [0.29, 0.717) is 0 Å². The van der Waals surface area contributed by atoms with Crippen molar-refractivity contribution in [2.75, 3.05) is 10.6 Å². The highest BCUT2D eigenvalue weighted by molar-refractivity contribution is 5.94. The van der Waals surface area contributed by atoms with Gasteiger partial charge in [-0.2, -0.15) is 0 Å². The van der Waals surface area contributed by atoms with Gasteiger partial charge in [0.15, 0.2) is 0 Å². The molecule has 1 rings (SSSR count). The van der Waals surface area contributed by atoms with Crippen molar-refractivity contribution < 1.29 is 4.79 Å². The molecule has 0 aliphatic rings. The summed E-state index contributed by atoms with van der Waals surface area (Å²) >= 11 is 0. The molecule has 1 amide bonds. The number of carbonyl (C=O) groups is 1. The number of aliphatic imine (C=N–C) groups is 1. The molecule has 0 atom stereocenters. The number of rotatable bonds is 3. The van der Waals surface area contributed by atoms with Crippen LogP contribution in [0.2, 0.25) is 0 Å². The van der Waals surface area contributed by atoms with E-state index in [1.54, 1.807) is 0 Å². The molecule has 84 valence electrons. The van der Waals surface area contributed by atoms with Crippen LogP contribution in [0.4, 0.5) is 11.4 Å². The predicted molar refractivity (Wildman–Crippen MR) is 67.7 cm³/mol. The molecule has 16 heavy (non-hydrogen) atoms. The Hall–Kier alpha value is -2.10. The summed E-state index contributed by atoms with van der Waals surface area (Å²) in [5, 5.41) is 5.79. The second-order valence-corrected chi connectivity index (χ2v) is 3.28. The zero-order chi connectivity index (χ0) is 12.0. The van der Waals surface area contributed by atoms with E-state index >= 15 is 0 Å². The first kappa shape index (κ1) is 12.0. The molecule has 0 unspecified atom stereocenters. The summed E-state index contributed by atoms with van der Waals surface area (Å²) in [4.78, 5) is 14.8. The molecule has 0 bridgehead atoms. The third-order valence-electron chi connectivity index (χ3n) is 1.82. The number of amidine groups is 1. The van der Waals surface area contributed by atoms with Crippen molar-refractivity contribution in [1.29, 1.82) is 0 Å². The second kappa shape index (κ2) is 5.70. The highest BCUT2D eigenvalue weighted by Crippen LogP contribution is 2.13.